The maximum absolute atomic E-state index is 8.55. The van der Waals surface area contributed by atoms with Crippen molar-refractivity contribution < 1.29 is 5.11 Å². The predicted octanol–water partition coefficient (Wildman–Crippen LogP) is 2.21. The van der Waals surface area contributed by atoms with Gasteiger partial charge in [0.05, 0.1) is 13.2 Å². The Morgan fingerprint density at radius 3 is 2.69 bits per heavy atom. The lowest BCUT2D eigenvalue weighted by atomic mass is 10.3. The predicted molar refractivity (Wildman–Crippen MR) is 56.0 cm³/mol. The highest BCUT2D eigenvalue weighted by Crippen LogP contribution is 2.07. The van der Waals surface area contributed by atoms with E-state index in [-0.39, 0.29) is 6.61 Å². The first kappa shape index (κ1) is 10.1. The Kier molecular flexibility index (Phi) is 4.36. The lowest BCUT2D eigenvalue weighted by molar-refractivity contribution is 0.342. The average Bonchev–Trinajstić information content (AvgIpc) is 2.17. The van der Waals surface area contributed by atoms with Gasteiger partial charge in [0.2, 0.25) is 0 Å². The Morgan fingerprint density at radius 1 is 1.38 bits per heavy atom. The first-order valence-corrected chi connectivity index (χ1v) is 4.45. The standard InChI is InChI=1S/C10H12ClNO/c11-9(6-7-13)8-12-10-4-2-1-3-5-10/h1-6,12-13H,7-8H2/b9-6+. The summed E-state index contributed by atoms with van der Waals surface area (Å²) in [5.74, 6) is 0. The van der Waals surface area contributed by atoms with E-state index >= 15 is 0 Å². The van der Waals surface area contributed by atoms with Gasteiger partial charge in [-0.05, 0) is 18.2 Å². The number of halogens is 1. The van der Waals surface area contributed by atoms with E-state index in [1.165, 1.54) is 0 Å². The molecule has 70 valence electrons. The number of rotatable bonds is 4. The molecule has 2 N–H and O–H groups in total. The van der Waals surface area contributed by atoms with E-state index in [9.17, 15) is 0 Å². The molecule has 0 radical (unpaired) electrons. The fourth-order valence-corrected chi connectivity index (χ4v) is 1.05. The molecule has 1 aromatic carbocycles. The number of para-hydroxylation sites is 1. The molecule has 0 bridgehead atoms. The van der Waals surface area contributed by atoms with Crippen molar-refractivity contribution in [3.63, 3.8) is 0 Å². The van der Waals surface area contributed by atoms with Crippen LogP contribution in [0.5, 0.6) is 0 Å². The van der Waals surface area contributed by atoms with Crippen molar-refractivity contribution in [3.05, 3.63) is 41.4 Å². The maximum atomic E-state index is 8.55. The molecular formula is C10H12ClNO. The van der Waals surface area contributed by atoms with Gasteiger partial charge < -0.3 is 10.4 Å². The molecule has 0 aliphatic heterocycles. The zero-order chi connectivity index (χ0) is 9.52. The van der Waals surface area contributed by atoms with Crippen LogP contribution in [0.2, 0.25) is 0 Å². The van der Waals surface area contributed by atoms with Crippen LogP contribution < -0.4 is 5.32 Å². The van der Waals surface area contributed by atoms with Gasteiger partial charge in [-0.3, -0.25) is 0 Å². The van der Waals surface area contributed by atoms with E-state index in [1.807, 2.05) is 30.3 Å². The first-order chi connectivity index (χ1) is 6.33. The molecule has 1 aromatic rings. The van der Waals surface area contributed by atoms with Crippen LogP contribution in [-0.2, 0) is 0 Å². The quantitative estimate of drug-likeness (QED) is 0.776. The van der Waals surface area contributed by atoms with E-state index in [0.29, 0.717) is 11.6 Å². The minimum atomic E-state index is -0.0185. The van der Waals surface area contributed by atoms with Crippen molar-refractivity contribution in [3.8, 4) is 0 Å². The van der Waals surface area contributed by atoms with Gasteiger partial charge in [0, 0.05) is 10.7 Å². The average molecular weight is 198 g/mol. The van der Waals surface area contributed by atoms with Gasteiger partial charge in [0.1, 0.15) is 0 Å². The van der Waals surface area contributed by atoms with Crippen molar-refractivity contribution in [1.29, 1.82) is 0 Å². The zero-order valence-corrected chi connectivity index (χ0v) is 7.96. The number of hydrogen-bond acceptors (Lipinski definition) is 2. The van der Waals surface area contributed by atoms with Crippen LogP contribution in [-0.4, -0.2) is 18.3 Å². The molecule has 0 aliphatic rings. The highest BCUT2D eigenvalue weighted by molar-refractivity contribution is 6.30. The molecule has 0 atom stereocenters. The second-order valence-electron chi connectivity index (χ2n) is 2.55. The Labute approximate surface area is 82.8 Å². The van der Waals surface area contributed by atoms with Gasteiger partial charge in [-0.15, -0.1) is 0 Å². The largest absolute Gasteiger partial charge is 0.392 e. The summed E-state index contributed by atoms with van der Waals surface area (Å²) in [4.78, 5) is 0. The molecule has 0 spiro atoms. The number of anilines is 1. The van der Waals surface area contributed by atoms with Crippen molar-refractivity contribution >= 4 is 17.3 Å². The summed E-state index contributed by atoms with van der Waals surface area (Å²) >= 11 is 5.77. The van der Waals surface area contributed by atoms with Crippen molar-refractivity contribution in [1.82, 2.24) is 0 Å². The molecule has 0 saturated carbocycles. The van der Waals surface area contributed by atoms with Gasteiger partial charge >= 0.3 is 0 Å². The van der Waals surface area contributed by atoms with Crippen molar-refractivity contribution in [2.24, 2.45) is 0 Å². The molecule has 0 heterocycles. The molecule has 3 heteroatoms. The molecule has 0 aromatic heterocycles. The third-order valence-electron chi connectivity index (χ3n) is 1.55. The SMILES string of the molecule is OC/C=C(/Cl)CNc1ccccc1. The van der Waals surface area contributed by atoms with Crippen molar-refractivity contribution in [2.75, 3.05) is 18.5 Å². The van der Waals surface area contributed by atoms with Crippen LogP contribution in [0.3, 0.4) is 0 Å². The summed E-state index contributed by atoms with van der Waals surface area (Å²) in [6.45, 7) is 0.529. The highest BCUT2D eigenvalue weighted by atomic mass is 35.5. The molecule has 2 nitrogen and oxygen atoms in total. The minimum Gasteiger partial charge on any atom is -0.392 e. The van der Waals surface area contributed by atoms with E-state index in [2.05, 4.69) is 5.32 Å². The molecule has 1 rings (SSSR count). The topological polar surface area (TPSA) is 32.3 Å². The van der Waals surface area contributed by atoms with Crippen LogP contribution in [0.15, 0.2) is 41.4 Å². The Bertz CT molecular complexity index is 272. The molecule has 0 aliphatic carbocycles. The Hall–Kier alpha value is -0.990. The van der Waals surface area contributed by atoms with Gasteiger partial charge in [-0.1, -0.05) is 29.8 Å². The maximum Gasteiger partial charge on any atom is 0.0627 e. The molecule has 0 fully saturated rings. The zero-order valence-electron chi connectivity index (χ0n) is 7.20. The molecule has 0 saturated heterocycles. The molecular weight excluding hydrogens is 186 g/mol. The number of hydrogen-bond donors (Lipinski definition) is 2. The Balaban J connectivity index is 2.39. The summed E-state index contributed by atoms with van der Waals surface area (Å²) in [5, 5.41) is 12.3. The van der Waals surface area contributed by atoms with Gasteiger partial charge in [0.25, 0.3) is 0 Å². The minimum absolute atomic E-state index is 0.0185. The number of nitrogens with one attached hydrogen (secondary N) is 1. The molecule has 0 amide bonds. The van der Waals surface area contributed by atoms with Crippen LogP contribution in [0.1, 0.15) is 0 Å². The van der Waals surface area contributed by atoms with Crippen LogP contribution in [0.4, 0.5) is 5.69 Å². The summed E-state index contributed by atoms with van der Waals surface area (Å²) in [6.07, 6.45) is 1.57. The fraction of sp³-hybridized carbons (Fsp3) is 0.200. The first-order valence-electron chi connectivity index (χ1n) is 4.07. The van der Waals surface area contributed by atoms with E-state index in [1.54, 1.807) is 6.08 Å². The lowest BCUT2D eigenvalue weighted by Gasteiger charge is -2.04. The van der Waals surface area contributed by atoms with Crippen LogP contribution in [0.25, 0.3) is 0 Å². The monoisotopic (exact) mass is 197 g/mol. The number of benzene rings is 1. The third-order valence-corrected chi connectivity index (χ3v) is 1.84. The second kappa shape index (κ2) is 5.62. The summed E-state index contributed by atoms with van der Waals surface area (Å²) in [7, 11) is 0. The summed E-state index contributed by atoms with van der Waals surface area (Å²) in [5.41, 5.74) is 1.02. The van der Waals surface area contributed by atoms with Gasteiger partial charge in [-0.25, -0.2) is 0 Å². The molecule has 0 unspecified atom stereocenters. The summed E-state index contributed by atoms with van der Waals surface area (Å²) < 4.78 is 0. The summed E-state index contributed by atoms with van der Waals surface area (Å²) in [6, 6.07) is 9.78. The van der Waals surface area contributed by atoms with E-state index in [0.717, 1.165) is 5.69 Å². The van der Waals surface area contributed by atoms with Gasteiger partial charge in [0.15, 0.2) is 0 Å². The number of aliphatic hydroxyl groups is 1. The number of aliphatic hydroxyl groups excluding tert-OH is 1. The van der Waals surface area contributed by atoms with Crippen LogP contribution >= 0.6 is 11.6 Å². The smallest absolute Gasteiger partial charge is 0.0627 e. The fourth-order valence-electron chi connectivity index (χ4n) is 0.914. The van der Waals surface area contributed by atoms with Crippen molar-refractivity contribution in [2.45, 2.75) is 0 Å². The Morgan fingerprint density at radius 2 is 2.08 bits per heavy atom. The second-order valence-corrected chi connectivity index (χ2v) is 3.04. The van der Waals surface area contributed by atoms with E-state index < -0.39 is 0 Å². The van der Waals surface area contributed by atoms with Crippen LogP contribution in [0, 0.1) is 0 Å². The third kappa shape index (κ3) is 3.97. The van der Waals surface area contributed by atoms with E-state index in [4.69, 9.17) is 16.7 Å². The molecule has 13 heavy (non-hydrogen) atoms. The lowest BCUT2D eigenvalue weighted by Crippen LogP contribution is -2.01. The van der Waals surface area contributed by atoms with Gasteiger partial charge in [-0.2, -0.15) is 0 Å². The highest BCUT2D eigenvalue weighted by Gasteiger charge is 1.91. The normalized spacial score (nSPS) is 11.4.